The largest absolute Gasteiger partial charge is 0.295 e. The van der Waals surface area contributed by atoms with Gasteiger partial charge in [0.05, 0.1) is 15.5 Å². The van der Waals surface area contributed by atoms with Crippen LogP contribution in [0.5, 0.6) is 0 Å². The van der Waals surface area contributed by atoms with E-state index in [1.165, 1.54) is 16.4 Å². The third-order valence-electron chi connectivity index (χ3n) is 3.95. The second-order valence-corrected chi connectivity index (χ2v) is 7.51. The zero-order chi connectivity index (χ0) is 20.0. The molecule has 0 amide bonds. The molecule has 0 aliphatic carbocycles. The topological polar surface area (TPSA) is 118 Å². The number of hydrogen-bond donors (Lipinski definition) is 1. The standard InChI is InChI=1S/C17H21N5O4S/c1-4-21(5-2)27(25,26)15-6-7-16(17(12-15)22(23)24)20-19-13(3)14-8-10-18-11-9-14/h6-12,20H,4-5H2,1-3H3. The fourth-order valence-corrected chi connectivity index (χ4v) is 3.91. The van der Waals surface area contributed by atoms with Crippen molar-refractivity contribution in [2.45, 2.75) is 25.7 Å². The number of nitrogens with zero attached hydrogens (tertiary/aromatic N) is 4. The van der Waals surface area contributed by atoms with E-state index in [1.807, 2.05) is 0 Å². The van der Waals surface area contributed by atoms with Gasteiger partial charge in [0, 0.05) is 37.1 Å². The first-order valence-corrected chi connectivity index (χ1v) is 9.74. The lowest BCUT2D eigenvalue weighted by molar-refractivity contribution is -0.384. The molecule has 1 aromatic heterocycles. The van der Waals surface area contributed by atoms with Crippen LogP contribution in [-0.4, -0.2) is 41.4 Å². The Hall–Kier alpha value is -2.85. The van der Waals surface area contributed by atoms with Crippen molar-refractivity contribution >= 4 is 27.1 Å². The van der Waals surface area contributed by atoms with Crippen molar-refractivity contribution in [3.05, 3.63) is 58.4 Å². The molecule has 1 heterocycles. The summed E-state index contributed by atoms with van der Waals surface area (Å²) in [5, 5.41) is 15.6. The first kappa shape index (κ1) is 20.5. The van der Waals surface area contributed by atoms with E-state index in [9.17, 15) is 18.5 Å². The highest BCUT2D eigenvalue weighted by molar-refractivity contribution is 7.89. The van der Waals surface area contributed by atoms with Crippen LogP contribution in [0.2, 0.25) is 0 Å². The lowest BCUT2D eigenvalue weighted by atomic mass is 10.2. The minimum Gasteiger partial charge on any atom is -0.271 e. The monoisotopic (exact) mass is 391 g/mol. The van der Waals surface area contributed by atoms with Crippen LogP contribution in [0.1, 0.15) is 26.3 Å². The third kappa shape index (κ3) is 4.66. The van der Waals surface area contributed by atoms with E-state index >= 15 is 0 Å². The summed E-state index contributed by atoms with van der Waals surface area (Å²) in [6.45, 7) is 5.72. The molecule has 1 aromatic carbocycles. The van der Waals surface area contributed by atoms with Gasteiger partial charge in [0.25, 0.3) is 5.69 Å². The van der Waals surface area contributed by atoms with Crippen LogP contribution in [-0.2, 0) is 10.0 Å². The number of sulfonamides is 1. The minimum atomic E-state index is -3.79. The summed E-state index contributed by atoms with van der Waals surface area (Å²) >= 11 is 0. The number of pyridine rings is 1. The van der Waals surface area contributed by atoms with Crippen molar-refractivity contribution in [1.29, 1.82) is 0 Å². The molecule has 1 N–H and O–H groups in total. The smallest absolute Gasteiger partial charge is 0.271 e. The molecular formula is C17H21N5O4S. The van der Waals surface area contributed by atoms with E-state index in [0.29, 0.717) is 5.71 Å². The van der Waals surface area contributed by atoms with Gasteiger partial charge in [-0.25, -0.2) is 8.42 Å². The van der Waals surface area contributed by atoms with Crippen molar-refractivity contribution in [1.82, 2.24) is 9.29 Å². The van der Waals surface area contributed by atoms with Crippen molar-refractivity contribution in [2.75, 3.05) is 18.5 Å². The first-order valence-electron chi connectivity index (χ1n) is 8.30. The summed E-state index contributed by atoms with van der Waals surface area (Å²) in [6, 6.07) is 7.24. The summed E-state index contributed by atoms with van der Waals surface area (Å²) in [7, 11) is -3.79. The fraction of sp³-hybridized carbons (Fsp3) is 0.294. The van der Waals surface area contributed by atoms with Gasteiger partial charge in [-0.2, -0.15) is 9.41 Å². The van der Waals surface area contributed by atoms with E-state index in [0.717, 1.165) is 11.6 Å². The maximum atomic E-state index is 12.6. The van der Waals surface area contributed by atoms with E-state index in [2.05, 4.69) is 15.5 Å². The molecule has 0 bridgehead atoms. The lowest BCUT2D eigenvalue weighted by Crippen LogP contribution is -2.30. The molecule has 2 rings (SSSR count). The highest BCUT2D eigenvalue weighted by atomic mass is 32.2. The second kappa shape index (κ2) is 8.69. The van der Waals surface area contributed by atoms with Gasteiger partial charge < -0.3 is 0 Å². The van der Waals surface area contributed by atoms with Gasteiger partial charge in [-0.05, 0) is 31.2 Å². The lowest BCUT2D eigenvalue weighted by Gasteiger charge is -2.18. The van der Waals surface area contributed by atoms with Crippen molar-refractivity contribution < 1.29 is 13.3 Å². The predicted molar refractivity (Wildman–Crippen MR) is 103 cm³/mol. The Morgan fingerprint density at radius 1 is 1.22 bits per heavy atom. The van der Waals surface area contributed by atoms with E-state index in [-0.39, 0.29) is 29.4 Å². The number of nitrogens with one attached hydrogen (secondary N) is 1. The van der Waals surface area contributed by atoms with Crippen molar-refractivity contribution in [2.24, 2.45) is 5.10 Å². The molecule has 0 saturated heterocycles. The highest BCUT2D eigenvalue weighted by Gasteiger charge is 2.25. The minimum absolute atomic E-state index is 0.104. The first-order chi connectivity index (χ1) is 12.8. The Morgan fingerprint density at radius 2 is 1.85 bits per heavy atom. The molecule has 144 valence electrons. The number of nitro benzene ring substituents is 1. The molecule has 0 radical (unpaired) electrons. The number of hydrazone groups is 1. The van der Waals surface area contributed by atoms with Gasteiger partial charge in [-0.3, -0.25) is 20.5 Å². The van der Waals surface area contributed by atoms with Crippen LogP contribution in [0.25, 0.3) is 0 Å². The molecule has 0 atom stereocenters. The van der Waals surface area contributed by atoms with Gasteiger partial charge in [-0.1, -0.05) is 13.8 Å². The maximum Gasteiger partial charge on any atom is 0.295 e. The zero-order valence-corrected chi connectivity index (χ0v) is 16.1. The summed E-state index contributed by atoms with van der Waals surface area (Å²) < 4.78 is 26.4. The summed E-state index contributed by atoms with van der Waals surface area (Å²) in [6.07, 6.45) is 3.23. The number of aromatic nitrogens is 1. The molecular weight excluding hydrogens is 370 g/mol. The van der Waals surface area contributed by atoms with Gasteiger partial charge in [-0.15, -0.1) is 0 Å². The number of anilines is 1. The molecule has 27 heavy (non-hydrogen) atoms. The fourth-order valence-electron chi connectivity index (χ4n) is 2.43. The summed E-state index contributed by atoms with van der Waals surface area (Å²) in [5.74, 6) is 0. The molecule has 2 aromatic rings. The third-order valence-corrected chi connectivity index (χ3v) is 6.00. The summed E-state index contributed by atoms with van der Waals surface area (Å²) in [4.78, 5) is 14.6. The van der Waals surface area contributed by atoms with Crippen LogP contribution >= 0.6 is 0 Å². The molecule has 0 spiro atoms. The van der Waals surface area contributed by atoms with Gasteiger partial charge >= 0.3 is 0 Å². The zero-order valence-electron chi connectivity index (χ0n) is 15.3. The van der Waals surface area contributed by atoms with Crippen LogP contribution in [0.4, 0.5) is 11.4 Å². The Bertz CT molecular complexity index is 941. The van der Waals surface area contributed by atoms with Crippen LogP contribution < -0.4 is 5.43 Å². The second-order valence-electron chi connectivity index (χ2n) is 5.57. The number of hydrogen-bond acceptors (Lipinski definition) is 7. The van der Waals surface area contributed by atoms with Crippen LogP contribution in [0.15, 0.2) is 52.7 Å². The van der Waals surface area contributed by atoms with E-state index in [1.54, 1.807) is 45.3 Å². The SMILES string of the molecule is CCN(CC)S(=O)(=O)c1ccc(NN=C(C)c2ccncc2)c([N+](=O)[O-])c1. The van der Waals surface area contributed by atoms with Gasteiger partial charge in [0.2, 0.25) is 10.0 Å². The number of benzene rings is 1. The molecule has 0 unspecified atom stereocenters. The molecule has 0 aliphatic rings. The van der Waals surface area contributed by atoms with E-state index in [4.69, 9.17) is 0 Å². The average molecular weight is 391 g/mol. The van der Waals surface area contributed by atoms with E-state index < -0.39 is 14.9 Å². The molecule has 0 saturated carbocycles. The van der Waals surface area contributed by atoms with Crippen molar-refractivity contribution in [3.8, 4) is 0 Å². The molecule has 10 heteroatoms. The predicted octanol–water partition coefficient (Wildman–Crippen LogP) is 2.86. The molecule has 9 nitrogen and oxygen atoms in total. The summed E-state index contributed by atoms with van der Waals surface area (Å²) in [5.41, 5.74) is 3.79. The van der Waals surface area contributed by atoms with Gasteiger partial charge in [0.15, 0.2) is 0 Å². The average Bonchev–Trinajstić information content (AvgIpc) is 2.67. The Kier molecular flexibility index (Phi) is 6.59. The van der Waals surface area contributed by atoms with Crippen LogP contribution in [0.3, 0.4) is 0 Å². The Balaban J connectivity index is 2.38. The normalized spacial score (nSPS) is 12.2. The van der Waals surface area contributed by atoms with Crippen molar-refractivity contribution in [3.63, 3.8) is 0 Å². The molecule has 0 fully saturated rings. The Morgan fingerprint density at radius 3 is 2.41 bits per heavy atom. The maximum absolute atomic E-state index is 12.6. The quantitative estimate of drug-likeness (QED) is 0.420. The Labute approximate surface area is 157 Å². The molecule has 0 aliphatic heterocycles. The highest BCUT2D eigenvalue weighted by Crippen LogP contribution is 2.29. The number of rotatable bonds is 8. The van der Waals surface area contributed by atoms with Gasteiger partial charge in [0.1, 0.15) is 5.69 Å². The number of nitro groups is 1. The van der Waals surface area contributed by atoms with Crippen LogP contribution in [0, 0.1) is 10.1 Å².